The van der Waals surface area contributed by atoms with Gasteiger partial charge in [-0.25, -0.2) is 4.39 Å². The molecule has 1 N–H and O–H groups in total. The van der Waals surface area contributed by atoms with Crippen molar-refractivity contribution in [2.24, 2.45) is 7.05 Å². The lowest BCUT2D eigenvalue weighted by Gasteiger charge is -2.41. The summed E-state index contributed by atoms with van der Waals surface area (Å²) in [6, 6.07) is 7.89. The number of rotatable bonds is 6. The van der Waals surface area contributed by atoms with Crippen molar-refractivity contribution in [2.45, 2.75) is 24.6 Å². The first-order valence-corrected chi connectivity index (χ1v) is 9.23. The summed E-state index contributed by atoms with van der Waals surface area (Å²) in [4.78, 5) is 3.62. The van der Waals surface area contributed by atoms with E-state index in [1.807, 2.05) is 29.8 Å². The molecule has 3 heterocycles. The van der Waals surface area contributed by atoms with E-state index in [1.54, 1.807) is 12.4 Å². The van der Waals surface area contributed by atoms with E-state index >= 15 is 0 Å². The summed E-state index contributed by atoms with van der Waals surface area (Å²) in [5.41, 5.74) is -0.00256. The second kappa shape index (κ2) is 7.67. The van der Waals surface area contributed by atoms with Crippen LogP contribution >= 0.6 is 0 Å². The maximum absolute atomic E-state index is 13.2. The van der Waals surface area contributed by atoms with Crippen LogP contribution in [0.15, 0.2) is 42.9 Å². The molecule has 6 nitrogen and oxygen atoms in total. The van der Waals surface area contributed by atoms with Gasteiger partial charge in [0, 0.05) is 24.6 Å². The number of benzene rings is 1. The minimum Gasteiger partial charge on any atom is -0.379 e. The molecule has 0 bridgehead atoms. The van der Waals surface area contributed by atoms with Crippen LogP contribution in [0, 0.1) is 5.82 Å². The summed E-state index contributed by atoms with van der Waals surface area (Å²) in [6.45, 7) is 0.841. The lowest BCUT2D eigenvalue weighted by atomic mass is 9.75. The average Bonchev–Trinajstić information content (AvgIpc) is 3.07. The van der Waals surface area contributed by atoms with Crippen LogP contribution in [-0.4, -0.2) is 33.0 Å². The van der Waals surface area contributed by atoms with Gasteiger partial charge in [0.2, 0.25) is 0 Å². The molecule has 1 fully saturated rings. The van der Waals surface area contributed by atoms with E-state index in [9.17, 15) is 17.6 Å². The van der Waals surface area contributed by atoms with Gasteiger partial charge in [-0.15, -0.1) is 10.2 Å². The van der Waals surface area contributed by atoms with Crippen LogP contribution in [0.5, 0.6) is 0 Å². The number of nitrogens with zero attached hydrogens (tertiary/aromatic N) is 4. The number of pyridine rings is 1. The monoisotopic (exact) mass is 421 g/mol. The fourth-order valence-electron chi connectivity index (χ4n) is 3.49. The van der Waals surface area contributed by atoms with Crippen molar-refractivity contribution in [1.29, 1.82) is 0 Å². The number of hydrogen-bond acceptors (Lipinski definition) is 5. The molecular formula is C20H19F4N5O. The number of aromatic nitrogens is 4. The summed E-state index contributed by atoms with van der Waals surface area (Å²) < 4.78 is 60.1. The molecule has 0 atom stereocenters. The van der Waals surface area contributed by atoms with Crippen LogP contribution in [-0.2, 0) is 36.3 Å². The molecule has 1 aromatic carbocycles. The largest absolute Gasteiger partial charge is 0.418 e. The third kappa shape index (κ3) is 4.00. The van der Waals surface area contributed by atoms with Gasteiger partial charge in [0.25, 0.3) is 0 Å². The van der Waals surface area contributed by atoms with Gasteiger partial charge in [-0.1, -0.05) is 12.1 Å². The Labute approximate surface area is 169 Å². The molecule has 1 aliphatic heterocycles. The normalized spacial score (nSPS) is 15.6. The highest BCUT2D eigenvalue weighted by Gasteiger charge is 2.41. The highest BCUT2D eigenvalue weighted by atomic mass is 19.4. The first kappa shape index (κ1) is 20.3. The van der Waals surface area contributed by atoms with E-state index in [4.69, 9.17) is 4.74 Å². The fraction of sp³-hybridized carbons (Fsp3) is 0.350. The van der Waals surface area contributed by atoms with Gasteiger partial charge in [-0.3, -0.25) is 4.98 Å². The second-order valence-electron chi connectivity index (χ2n) is 7.39. The molecule has 3 aromatic rings. The van der Waals surface area contributed by atoms with E-state index < -0.39 is 17.6 Å². The Morgan fingerprint density at radius 1 is 1.23 bits per heavy atom. The zero-order valence-corrected chi connectivity index (χ0v) is 16.1. The Kier molecular flexibility index (Phi) is 5.19. The average molecular weight is 421 g/mol. The lowest BCUT2D eigenvalue weighted by Crippen LogP contribution is -2.49. The SMILES string of the molecule is Cn1cnnc1CC1(c2cccc(NCc3ncc(F)cc3C(F)(F)F)c2)COC1. The molecule has 2 aromatic heterocycles. The van der Waals surface area contributed by atoms with E-state index in [2.05, 4.69) is 20.5 Å². The number of nitrogens with one attached hydrogen (secondary N) is 1. The molecule has 10 heteroatoms. The lowest BCUT2D eigenvalue weighted by molar-refractivity contribution is -0.138. The van der Waals surface area contributed by atoms with Crippen LogP contribution in [0.25, 0.3) is 0 Å². The van der Waals surface area contributed by atoms with E-state index in [-0.39, 0.29) is 17.7 Å². The first-order valence-electron chi connectivity index (χ1n) is 9.23. The Hall–Kier alpha value is -3.01. The maximum Gasteiger partial charge on any atom is 0.418 e. The van der Waals surface area contributed by atoms with Crippen LogP contribution in [0.2, 0.25) is 0 Å². The fourth-order valence-corrected chi connectivity index (χ4v) is 3.49. The first-order chi connectivity index (χ1) is 14.3. The van der Waals surface area contributed by atoms with Crippen molar-refractivity contribution in [1.82, 2.24) is 19.7 Å². The summed E-state index contributed by atoms with van der Waals surface area (Å²) in [7, 11) is 1.87. The van der Waals surface area contributed by atoms with Crippen LogP contribution in [0.4, 0.5) is 23.2 Å². The molecule has 4 rings (SSSR count). The predicted molar refractivity (Wildman–Crippen MR) is 100 cm³/mol. The van der Waals surface area contributed by atoms with Crippen molar-refractivity contribution >= 4 is 5.69 Å². The Bertz CT molecular complexity index is 1050. The minimum atomic E-state index is -4.68. The van der Waals surface area contributed by atoms with Gasteiger partial charge in [-0.05, 0) is 23.8 Å². The van der Waals surface area contributed by atoms with Gasteiger partial charge in [0.05, 0.1) is 37.2 Å². The number of anilines is 1. The molecule has 1 saturated heterocycles. The van der Waals surface area contributed by atoms with Gasteiger partial charge < -0.3 is 14.6 Å². The van der Waals surface area contributed by atoms with E-state index in [0.29, 0.717) is 31.4 Å². The molecular weight excluding hydrogens is 402 g/mol. The molecule has 0 saturated carbocycles. The van der Waals surface area contributed by atoms with Crippen molar-refractivity contribution in [3.05, 3.63) is 71.3 Å². The topological polar surface area (TPSA) is 64.9 Å². The predicted octanol–water partition coefficient (Wildman–Crippen LogP) is 3.49. The van der Waals surface area contributed by atoms with E-state index in [1.165, 1.54) is 0 Å². The quantitative estimate of drug-likeness (QED) is 0.618. The summed E-state index contributed by atoms with van der Waals surface area (Å²) >= 11 is 0. The smallest absolute Gasteiger partial charge is 0.379 e. The zero-order valence-electron chi connectivity index (χ0n) is 16.1. The molecule has 30 heavy (non-hydrogen) atoms. The third-order valence-electron chi connectivity index (χ3n) is 5.24. The number of alkyl halides is 3. The molecule has 0 aliphatic carbocycles. The molecule has 0 unspecified atom stereocenters. The van der Waals surface area contributed by atoms with Gasteiger partial charge in [0.15, 0.2) is 0 Å². The highest BCUT2D eigenvalue weighted by molar-refractivity contribution is 5.49. The van der Waals surface area contributed by atoms with Crippen LogP contribution in [0.3, 0.4) is 0 Å². The minimum absolute atomic E-state index is 0.189. The van der Waals surface area contributed by atoms with Crippen molar-refractivity contribution < 1.29 is 22.3 Å². The highest BCUT2D eigenvalue weighted by Crippen LogP contribution is 2.37. The van der Waals surface area contributed by atoms with Crippen molar-refractivity contribution in [2.75, 3.05) is 18.5 Å². The van der Waals surface area contributed by atoms with Gasteiger partial charge >= 0.3 is 6.18 Å². The Balaban J connectivity index is 1.54. The summed E-state index contributed by atoms with van der Waals surface area (Å²) in [5, 5.41) is 11.0. The zero-order chi connectivity index (χ0) is 21.4. The Morgan fingerprint density at radius 3 is 2.67 bits per heavy atom. The van der Waals surface area contributed by atoms with Crippen LogP contribution in [0.1, 0.15) is 22.6 Å². The molecule has 158 valence electrons. The number of aryl methyl sites for hydroxylation is 1. The number of hydrogen-bond donors (Lipinski definition) is 1. The number of halogens is 4. The number of ether oxygens (including phenoxy) is 1. The van der Waals surface area contributed by atoms with Gasteiger partial charge in [-0.2, -0.15) is 13.2 Å². The molecule has 0 spiro atoms. The van der Waals surface area contributed by atoms with Crippen molar-refractivity contribution in [3.8, 4) is 0 Å². The standard InChI is InChI=1S/C20H19F4N5O/c1-29-12-27-28-18(29)7-19(10-30-11-19)13-3-2-4-15(5-13)25-9-17-16(20(22,23)24)6-14(21)8-26-17/h2-6,8,12,25H,7,9-11H2,1H3. The van der Waals surface area contributed by atoms with Crippen LogP contribution < -0.4 is 5.32 Å². The molecule has 0 radical (unpaired) electrons. The third-order valence-corrected chi connectivity index (χ3v) is 5.24. The second-order valence-corrected chi connectivity index (χ2v) is 7.39. The van der Waals surface area contributed by atoms with Crippen molar-refractivity contribution in [3.63, 3.8) is 0 Å². The van der Waals surface area contributed by atoms with Gasteiger partial charge in [0.1, 0.15) is 18.0 Å². The molecule has 0 amide bonds. The summed E-state index contributed by atoms with van der Waals surface area (Å²) in [6.07, 6.45) is -1.64. The Morgan fingerprint density at radius 2 is 2.03 bits per heavy atom. The molecule has 1 aliphatic rings. The van der Waals surface area contributed by atoms with E-state index in [0.717, 1.165) is 17.6 Å². The maximum atomic E-state index is 13.2. The summed E-state index contributed by atoms with van der Waals surface area (Å²) in [5.74, 6) is -0.203.